The van der Waals surface area contributed by atoms with Gasteiger partial charge >= 0.3 is 5.97 Å². The third kappa shape index (κ3) is 19.7. The van der Waals surface area contributed by atoms with Crippen LogP contribution in [0.5, 0.6) is 0 Å². The van der Waals surface area contributed by atoms with Gasteiger partial charge in [-0.15, -0.1) is 0 Å². The van der Waals surface area contributed by atoms with Crippen LogP contribution in [-0.4, -0.2) is 35.1 Å². The second-order valence-electron chi connectivity index (χ2n) is 7.41. The van der Waals surface area contributed by atoms with E-state index < -0.39 is 18.4 Å². The Balaban J connectivity index is 3.50. The summed E-state index contributed by atoms with van der Waals surface area (Å²) in [5.41, 5.74) is 5.23. The van der Waals surface area contributed by atoms with E-state index in [1.165, 1.54) is 57.8 Å². The molecule has 0 radical (unpaired) electrons. The molecule has 1 atom stereocenters. The summed E-state index contributed by atoms with van der Waals surface area (Å²) in [6.07, 6.45) is 19.5. The Bertz CT molecular complexity index is 358. The molecule has 0 aromatic heterocycles. The van der Waals surface area contributed by atoms with Crippen molar-refractivity contribution in [3.8, 4) is 0 Å². The molecule has 0 saturated heterocycles. The molecule has 0 bridgehead atoms. The van der Waals surface area contributed by atoms with Gasteiger partial charge in [-0.05, 0) is 38.5 Å². The smallest absolute Gasteiger partial charge is 0.319 e. The Kier molecular flexibility index (Phi) is 19.2. The highest BCUT2D eigenvalue weighted by atomic mass is 16.5. The van der Waals surface area contributed by atoms with Crippen LogP contribution in [-0.2, 0) is 9.53 Å². The molecule has 0 rings (SSSR count). The van der Waals surface area contributed by atoms with Gasteiger partial charge in [0.1, 0.15) is 6.10 Å². The van der Waals surface area contributed by atoms with Crippen LogP contribution in [0, 0.1) is 0 Å². The zero-order valence-electron chi connectivity index (χ0n) is 17.4. The fourth-order valence-electron chi connectivity index (χ4n) is 3.14. The van der Waals surface area contributed by atoms with Gasteiger partial charge in [0, 0.05) is 6.42 Å². The number of rotatable bonds is 19. The quantitative estimate of drug-likeness (QED) is 0.131. The Morgan fingerprint density at radius 2 is 1.41 bits per heavy atom. The zero-order valence-corrected chi connectivity index (χ0v) is 17.4. The fourth-order valence-corrected chi connectivity index (χ4v) is 3.14. The van der Waals surface area contributed by atoms with Gasteiger partial charge in [-0.1, -0.05) is 70.4 Å². The Hall–Kier alpha value is -0.910. The molecule has 160 valence electrons. The largest absolute Gasteiger partial charge is 0.461 e. The van der Waals surface area contributed by atoms with Crippen LogP contribution in [0.25, 0.3) is 0 Å². The summed E-state index contributed by atoms with van der Waals surface area (Å²) >= 11 is 0. The first-order valence-electron chi connectivity index (χ1n) is 11.0. The minimum absolute atomic E-state index is 0.0507. The highest BCUT2D eigenvalue weighted by molar-refractivity contribution is 5.71. The summed E-state index contributed by atoms with van der Waals surface area (Å²) in [5.74, 6) is -0.492. The first-order valence-corrected chi connectivity index (χ1v) is 11.0. The Morgan fingerprint density at radius 1 is 0.889 bits per heavy atom. The van der Waals surface area contributed by atoms with Crippen molar-refractivity contribution in [2.45, 2.75) is 116 Å². The van der Waals surface area contributed by atoms with Gasteiger partial charge in [-0.25, -0.2) is 0 Å². The molecule has 0 aromatic rings. The van der Waals surface area contributed by atoms with Crippen LogP contribution >= 0.6 is 0 Å². The molecule has 0 amide bonds. The number of allylic oxidation sites excluding steroid dienone is 2. The third-order valence-corrected chi connectivity index (χ3v) is 4.73. The molecule has 0 saturated carbocycles. The van der Waals surface area contributed by atoms with E-state index in [0.29, 0.717) is 6.42 Å². The topological polar surface area (TPSA) is 92.8 Å². The summed E-state index contributed by atoms with van der Waals surface area (Å²) in [5, 5.41) is 18.1. The van der Waals surface area contributed by atoms with Gasteiger partial charge in [-0.3, -0.25) is 4.79 Å². The molecule has 4 N–H and O–H groups in total. The molecule has 5 nitrogen and oxygen atoms in total. The minimum atomic E-state index is -1.45. The van der Waals surface area contributed by atoms with Crippen molar-refractivity contribution in [1.29, 1.82) is 0 Å². The predicted octanol–water partition coefficient (Wildman–Crippen LogP) is 4.60. The van der Waals surface area contributed by atoms with Crippen LogP contribution in [0.3, 0.4) is 0 Å². The van der Waals surface area contributed by atoms with E-state index in [4.69, 9.17) is 20.7 Å². The van der Waals surface area contributed by atoms with Crippen molar-refractivity contribution >= 4 is 5.97 Å². The summed E-state index contributed by atoms with van der Waals surface area (Å²) in [6, 6.07) is 0. The number of carbonyl (C=O) groups is 1. The lowest BCUT2D eigenvalue weighted by Gasteiger charge is -2.18. The lowest BCUT2D eigenvalue weighted by molar-refractivity contribution is -0.152. The molecule has 0 aliphatic rings. The molecule has 0 fully saturated rings. The normalized spacial score (nSPS) is 12.8. The lowest BCUT2D eigenvalue weighted by Crippen LogP contribution is -2.27. The average molecular weight is 386 g/mol. The van der Waals surface area contributed by atoms with Gasteiger partial charge in [0.05, 0.1) is 6.54 Å². The zero-order chi connectivity index (χ0) is 20.2. The first-order chi connectivity index (χ1) is 13.1. The van der Waals surface area contributed by atoms with E-state index in [9.17, 15) is 4.79 Å². The molecule has 0 aromatic carbocycles. The molecule has 0 aliphatic carbocycles. The van der Waals surface area contributed by atoms with E-state index in [2.05, 4.69) is 19.1 Å². The number of hydrogen-bond donors (Lipinski definition) is 3. The van der Waals surface area contributed by atoms with Crippen LogP contribution in [0.15, 0.2) is 12.2 Å². The minimum Gasteiger partial charge on any atom is -0.461 e. The molecule has 27 heavy (non-hydrogen) atoms. The highest BCUT2D eigenvalue weighted by Gasteiger charge is 2.16. The van der Waals surface area contributed by atoms with E-state index in [-0.39, 0.29) is 13.0 Å². The maximum Gasteiger partial charge on any atom is 0.319 e. The Morgan fingerprint density at radius 3 is 1.93 bits per heavy atom. The molecular weight excluding hydrogens is 342 g/mol. The van der Waals surface area contributed by atoms with Crippen LogP contribution in [0.1, 0.15) is 103 Å². The molecule has 0 aliphatic heterocycles. The number of unbranched alkanes of at least 4 members (excludes halogenated alkanes) is 11. The van der Waals surface area contributed by atoms with Gasteiger partial charge in [-0.2, -0.15) is 0 Å². The summed E-state index contributed by atoms with van der Waals surface area (Å²) in [4.78, 5) is 11.2. The monoisotopic (exact) mass is 385 g/mol. The Labute approximate surface area is 166 Å². The molecule has 5 heteroatoms. The summed E-state index contributed by atoms with van der Waals surface area (Å²) < 4.78 is 5.14. The predicted molar refractivity (Wildman–Crippen MR) is 111 cm³/mol. The standard InChI is InChI=1S/C22H43NO4/c1-2-3-4-5-6-7-8-9-10-11-12-13-14-15-16-17-20(18-21(24)25)27-22(26)19-23/h9-10,20-21,24-25H,2-8,11-19,23H2,1H3/b10-9-. The molecular formula is C22H43NO4. The number of esters is 1. The molecule has 1 unspecified atom stereocenters. The SMILES string of the molecule is CCCCCCCC/C=C\CCCCCCCC(CC(O)O)OC(=O)CN. The number of ether oxygens (including phenoxy) is 1. The van der Waals surface area contributed by atoms with Crippen molar-refractivity contribution < 1.29 is 19.7 Å². The van der Waals surface area contributed by atoms with Gasteiger partial charge in [0.2, 0.25) is 0 Å². The van der Waals surface area contributed by atoms with Gasteiger partial charge in [0.15, 0.2) is 6.29 Å². The first kappa shape index (κ1) is 26.1. The van der Waals surface area contributed by atoms with Crippen molar-refractivity contribution in [1.82, 2.24) is 0 Å². The van der Waals surface area contributed by atoms with Crippen LogP contribution in [0.4, 0.5) is 0 Å². The van der Waals surface area contributed by atoms with E-state index in [0.717, 1.165) is 25.7 Å². The number of aliphatic hydroxyl groups excluding tert-OH is 1. The second kappa shape index (κ2) is 19.8. The lowest BCUT2D eigenvalue weighted by atomic mass is 10.0. The number of aliphatic hydroxyl groups is 2. The number of carbonyl (C=O) groups excluding carboxylic acids is 1. The number of nitrogens with two attached hydrogens (primary N) is 1. The maximum absolute atomic E-state index is 11.2. The second-order valence-corrected chi connectivity index (χ2v) is 7.41. The van der Waals surface area contributed by atoms with Crippen LogP contribution < -0.4 is 5.73 Å². The van der Waals surface area contributed by atoms with E-state index in [1.807, 2.05) is 0 Å². The van der Waals surface area contributed by atoms with E-state index >= 15 is 0 Å². The van der Waals surface area contributed by atoms with Crippen molar-refractivity contribution in [3.05, 3.63) is 12.2 Å². The summed E-state index contributed by atoms with van der Waals surface area (Å²) in [7, 11) is 0. The summed E-state index contributed by atoms with van der Waals surface area (Å²) in [6.45, 7) is 2.08. The highest BCUT2D eigenvalue weighted by Crippen LogP contribution is 2.14. The van der Waals surface area contributed by atoms with Crippen molar-refractivity contribution in [2.75, 3.05) is 6.54 Å². The molecule has 0 spiro atoms. The van der Waals surface area contributed by atoms with E-state index in [1.54, 1.807) is 0 Å². The number of hydrogen-bond acceptors (Lipinski definition) is 5. The third-order valence-electron chi connectivity index (χ3n) is 4.73. The van der Waals surface area contributed by atoms with Gasteiger partial charge in [0.25, 0.3) is 0 Å². The fraction of sp³-hybridized carbons (Fsp3) is 0.864. The van der Waals surface area contributed by atoms with Crippen molar-refractivity contribution in [3.63, 3.8) is 0 Å². The van der Waals surface area contributed by atoms with Gasteiger partial charge < -0.3 is 20.7 Å². The average Bonchev–Trinajstić information content (AvgIpc) is 2.64. The maximum atomic E-state index is 11.2. The van der Waals surface area contributed by atoms with Crippen LogP contribution in [0.2, 0.25) is 0 Å². The molecule has 0 heterocycles. The van der Waals surface area contributed by atoms with Crippen molar-refractivity contribution in [2.24, 2.45) is 5.73 Å².